The molecule has 3 aliphatic rings. The molecule has 1 saturated carbocycles. The van der Waals surface area contributed by atoms with E-state index in [4.69, 9.17) is 5.73 Å². The first kappa shape index (κ1) is 21.6. The molecule has 2 aliphatic heterocycles. The summed E-state index contributed by atoms with van der Waals surface area (Å²) < 4.78 is 66.9. The molecule has 3 N–H and O–H groups in total. The van der Waals surface area contributed by atoms with Gasteiger partial charge in [0.15, 0.2) is 11.6 Å². The van der Waals surface area contributed by atoms with Crippen LogP contribution in [0.2, 0.25) is 0 Å². The third-order valence-electron chi connectivity index (χ3n) is 6.60. The zero-order valence-electron chi connectivity index (χ0n) is 16.5. The Kier molecular flexibility index (Phi) is 5.84. The molecule has 0 radical (unpaired) electrons. The van der Waals surface area contributed by atoms with Gasteiger partial charge in [-0.3, -0.25) is 4.79 Å². The van der Waals surface area contributed by atoms with Crippen LogP contribution in [-0.2, 0) is 21.2 Å². The molecule has 30 heavy (non-hydrogen) atoms. The third-order valence-corrected chi connectivity index (χ3v) is 8.49. The minimum absolute atomic E-state index is 0.0159. The number of rotatable bonds is 7. The Hall–Kier alpha value is -1.65. The van der Waals surface area contributed by atoms with E-state index >= 15 is 0 Å². The van der Waals surface area contributed by atoms with Gasteiger partial charge in [-0.2, -0.15) is 0 Å². The second kappa shape index (κ2) is 8.12. The van der Waals surface area contributed by atoms with Crippen LogP contribution < -0.4 is 10.5 Å². The fourth-order valence-electron chi connectivity index (χ4n) is 4.87. The van der Waals surface area contributed by atoms with Crippen LogP contribution in [0.4, 0.5) is 13.2 Å². The molecule has 2 heterocycles. The normalized spacial score (nSPS) is 27.3. The van der Waals surface area contributed by atoms with Crippen LogP contribution in [0.3, 0.4) is 0 Å². The van der Waals surface area contributed by atoms with Crippen molar-refractivity contribution in [3.05, 3.63) is 35.1 Å². The molecule has 2 bridgehead atoms. The van der Waals surface area contributed by atoms with Crippen molar-refractivity contribution in [2.75, 3.05) is 6.54 Å². The number of halogens is 3. The number of hydrogen-bond acceptors (Lipinski definition) is 4. The summed E-state index contributed by atoms with van der Waals surface area (Å²) in [6, 6.07) is 0.868. The summed E-state index contributed by atoms with van der Waals surface area (Å²) in [5.41, 5.74) is 6.33. The molecule has 4 rings (SSSR count). The number of carbonyl (C=O) groups is 1. The lowest BCUT2D eigenvalue weighted by molar-refractivity contribution is -0.135. The first-order valence-electron chi connectivity index (χ1n) is 10.3. The van der Waals surface area contributed by atoms with Crippen LogP contribution in [0.15, 0.2) is 12.1 Å². The van der Waals surface area contributed by atoms with Crippen LogP contribution in [0, 0.1) is 23.4 Å². The summed E-state index contributed by atoms with van der Waals surface area (Å²) in [4.78, 5) is 14.4. The van der Waals surface area contributed by atoms with Gasteiger partial charge in [0, 0.05) is 24.2 Å². The average Bonchev–Trinajstić information content (AvgIpc) is 3.50. The van der Waals surface area contributed by atoms with Crippen LogP contribution in [0.1, 0.15) is 44.1 Å². The molecule has 3 fully saturated rings. The lowest BCUT2D eigenvalue weighted by Crippen LogP contribution is -2.52. The number of nitrogens with one attached hydrogen (secondary N) is 1. The van der Waals surface area contributed by atoms with E-state index in [1.165, 1.54) is 0 Å². The highest BCUT2D eigenvalue weighted by Crippen LogP contribution is 2.40. The number of nitrogens with two attached hydrogens (primary N) is 1. The monoisotopic (exact) mass is 445 g/mol. The van der Waals surface area contributed by atoms with Crippen molar-refractivity contribution in [2.24, 2.45) is 11.7 Å². The average molecular weight is 446 g/mol. The minimum atomic E-state index is -3.42. The van der Waals surface area contributed by atoms with E-state index < -0.39 is 33.5 Å². The molecule has 3 unspecified atom stereocenters. The van der Waals surface area contributed by atoms with Crippen molar-refractivity contribution in [1.29, 1.82) is 0 Å². The Morgan fingerprint density at radius 2 is 1.67 bits per heavy atom. The molecule has 3 atom stereocenters. The summed E-state index contributed by atoms with van der Waals surface area (Å²) in [6.07, 6.45) is 4.24. The second-order valence-corrected chi connectivity index (χ2v) is 10.8. The number of sulfonamides is 1. The number of fused-ring (bicyclic) bond motifs is 2. The van der Waals surface area contributed by atoms with Crippen LogP contribution in [0.5, 0.6) is 0 Å². The minimum Gasteiger partial charge on any atom is -0.336 e. The summed E-state index contributed by atoms with van der Waals surface area (Å²) in [6.45, 7) is -0.234. The van der Waals surface area contributed by atoms with Gasteiger partial charge in [0.25, 0.3) is 0 Å². The zero-order chi connectivity index (χ0) is 21.6. The van der Waals surface area contributed by atoms with E-state index in [1.54, 1.807) is 4.90 Å². The first-order valence-corrected chi connectivity index (χ1v) is 11.9. The maximum absolute atomic E-state index is 14.0. The highest BCUT2D eigenvalue weighted by atomic mass is 32.2. The molecule has 1 aromatic rings. The predicted octanol–water partition coefficient (Wildman–Crippen LogP) is 1.83. The fourth-order valence-corrected chi connectivity index (χ4v) is 6.18. The lowest BCUT2D eigenvalue weighted by atomic mass is 9.82. The Morgan fingerprint density at radius 3 is 2.27 bits per heavy atom. The van der Waals surface area contributed by atoms with Gasteiger partial charge in [0.2, 0.25) is 15.9 Å². The van der Waals surface area contributed by atoms with Gasteiger partial charge in [-0.1, -0.05) is 0 Å². The molecule has 0 spiro atoms. The van der Waals surface area contributed by atoms with Gasteiger partial charge in [-0.15, -0.1) is 0 Å². The molecule has 1 amide bonds. The first-order chi connectivity index (χ1) is 14.2. The Labute approximate surface area is 174 Å². The van der Waals surface area contributed by atoms with E-state index in [1.807, 2.05) is 0 Å². The number of amides is 1. The standard InChI is InChI=1S/C20H26F3N3O3S/c21-16-9-18(23)17(22)7-11(16)8-19(24)12-5-13-1-2-14(6-12)26(13)20(27)10-25-30(28,29)15-3-4-15/h7,9,12-15,19,25H,1-6,8,10,24H2. The molecular weight excluding hydrogens is 419 g/mol. The van der Waals surface area contributed by atoms with Crippen molar-refractivity contribution >= 4 is 15.9 Å². The predicted molar refractivity (Wildman–Crippen MR) is 104 cm³/mol. The Balaban J connectivity index is 1.36. The number of carbonyl (C=O) groups excluding carboxylic acids is 1. The fraction of sp³-hybridized carbons (Fsp3) is 0.650. The van der Waals surface area contributed by atoms with E-state index in [0.717, 1.165) is 18.9 Å². The molecule has 2 saturated heterocycles. The van der Waals surface area contributed by atoms with Gasteiger partial charge in [0.05, 0.1) is 11.8 Å². The topological polar surface area (TPSA) is 92.5 Å². The van der Waals surface area contributed by atoms with E-state index in [-0.39, 0.29) is 47.7 Å². The SMILES string of the molecule is NC(Cc1cc(F)c(F)cc1F)C1CC2CCC(C1)N2C(=O)CNS(=O)(=O)C1CC1. The smallest absolute Gasteiger partial charge is 0.238 e. The molecule has 6 nitrogen and oxygen atoms in total. The zero-order valence-corrected chi connectivity index (χ0v) is 17.3. The van der Waals surface area contributed by atoms with Crippen molar-refractivity contribution < 1.29 is 26.4 Å². The van der Waals surface area contributed by atoms with Gasteiger partial charge in [-0.05, 0) is 62.5 Å². The summed E-state index contributed by atoms with van der Waals surface area (Å²) in [5, 5.41) is -0.373. The van der Waals surface area contributed by atoms with Crippen LogP contribution >= 0.6 is 0 Å². The van der Waals surface area contributed by atoms with Crippen molar-refractivity contribution in [1.82, 2.24) is 9.62 Å². The van der Waals surface area contributed by atoms with E-state index in [9.17, 15) is 26.4 Å². The summed E-state index contributed by atoms with van der Waals surface area (Å²) >= 11 is 0. The van der Waals surface area contributed by atoms with Gasteiger partial charge >= 0.3 is 0 Å². The van der Waals surface area contributed by atoms with E-state index in [2.05, 4.69) is 4.72 Å². The largest absolute Gasteiger partial charge is 0.336 e. The summed E-state index contributed by atoms with van der Waals surface area (Å²) in [5.74, 6) is -3.37. The maximum Gasteiger partial charge on any atom is 0.238 e. The van der Waals surface area contributed by atoms with Crippen molar-refractivity contribution in [3.8, 4) is 0 Å². The number of nitrogens with zero attached hydrogens (tertiary/aromatic N) is 1. The lowest BCUT2D eigenvalue weighted by Gasteiger charge is -2.41. The van der Waals surface area contributed by atoms with Gasteiger partial charge in [0.1, 0.15) is 5.82 Å². The summed E-state index contributed by atoms with van der Waals surface area (Å²) in [7, 11) is -3.42. The second-order valence-electron chi connectivity index (χ2n) is 8.71. The molecular formula is C20H26F3N3O3S. The van der Waals surface area contributed by atoms with Gasteiger partial charge < -0.3 is 10.6 Å². The van der Waals surface area contributed by atoms with Crippen molar-refractivity contribution in [2.45, 2.75) is 68.3 Å². The van der Waals surface area contributed by atoms with Crippen LogP contribution in [0.25, 0.3) is 0 Å². The van der Waals surface area contributed by atoms with Crippen molar-refractivity contribution in [3.63, 3.8) is 0 Å². The van der Waals surface area contributed by atoms with Gasteiger partial charge in [-0.25, -0.2) is 26.3 Å². The highest BCUT2D eigenvalue weighted by molar-refractivity contribution is 7.90. The Morgan fingerprint density at radius 1 is 1.07 bits per heavy atom. The molecule has 0 aromatic heterocycles. The maximum atomic E-state index is 14.0. The number of benzene rings is 1. The van der Waals surface area contributed by atoms with E-state index in [0.29, 0.717) is 31.7 Å². The third kappa shape index (κ3) is 4.36. The molecule has 166 valence electrons. The quantitative estimate of drug-likeness (QED) is 0.627. The molecule has 1 aliphatic carbocycles. The number of hydrogen-bond donors (Lipinski definition) is 2. The molecule has 10 heteroatoms. The van der Waals surface area contributed by atoms with Crippen LogP contribution in [-0.4, -0.2) is 49.1 Å². The highest BCUT2D eigenvalue weighted by Gasteiger charge is 2.45. The Bertz CT molecular complexity index is 925. The number of piperidine rings is 1. The molecule has 1 aromatic carbocycles.